The van der Waals surface area contributed by atoms with Crippen LogP contribution in [0.4, 0.5) is 0 Å². The second kappa shape index (κ2) is 13.0. The van der Waals surface area contributed by atoms with Crippen molar-refractivity contribution in [2.24, 2.45) is 5.92 Å². The summed E-state index contributed by atoms with van der Waals surface area (Å²) in [5.41, 5.74) is -0.829. The third-order valence-electron chi connectivity index (χ3n) is 5.61. The summed E-state index contributed by atoms with van der Waals surface area (Å²) in [7, 11) is -2.01. The van der Waals surface area contributed by atoms with Crippen molar-refractivity contribution in [2.45, 2.75) is 115 Å². The normalized spacial score (nSPS) is 22.9. The van der Waals surface area contributed by atoms with E-state index in [9.17, 15) is 14.7 Å². The van der Waals surface area contributed by atoms with Gasteiger partial charge in [0.25, 0.3) is 0 Å². The van der Waals surface area contributed by atoms with Gasteiger partial charge in [0.15, 0.2) is 14.1 Å². The molecule has 0 saturated heterocycles. The van der Waals surface area contributed by atoms with E-state index >= 15 is 0 Å². The molecule has 30 heavy (non-hydrogen) atoms. The zero-order valence-electron chi connectivity index (χ0n) is 19.2. The minimum atomic E-state index is -2.01. The molecule has 0 spiro atoms. The monoisotopic (exact) mass is 460 g/mol. The van der Waals surface area contributed by atoms with Crippen LogP contribution in [0, 0.1) is 5.92 Å². The Balaban J connectivity index is 2.84. The summed E-state index contributed by atoms with van der Waals surface area (Å²) in [6.45, 7) is 8.48. The van der Waals surface area contributed by atoms with Crippen LogP contribution in [-0.2, 0) is 14.0 Å². The maximum Gasteiger partial charge on any atom is 0.303 e. The van der Waals surface area contributed by atoms with Crippen molar-refractivity contribution in [1.29, 1.82) is 0 Å². The lowest BCUT2D eigenvalue weighted by Crippen LogP contribution is -2.50. The molecule has 0 amide bonds. The number of halogens is 1. The molecular weight excluding hydrogens is 420 g/mol. The number of carbonyl (C=O) groups is 2. The lowest BCUT2D eigenvalue weighted by molar-refractivity contribution is -0.137. The fourth-order valence-electron chi connectivity index (χ4n) is 4.34. The molecule has 0 heterocycles. The van der Waals surface area contributed by atoms with Gasteiger partial charge in [-0.25, -0.2) is 0 Å². The molecule has 174 valence electrons. The highest BCUT2D eigenvalue weighted by molar-refractivity contribution is 6.70. The van der Waals surface area contributed by atoms with Crippen LogP contribution in [0.2, 0.25) is 19.6 Å². The number of unbranched alkanes of at least 4 members (excludes halogenated alkanes) is 7. The Kier molecular flexibility index (Phi) is 11.8. The molecule has 3 unspecified atom stereocenters. The van der Waals surface area contributed by atoms with Crippen LogP contribution >= 0.6 is 11.6 Å². The number of ketones is 1. The molecule has 0 radical (unpaired) electrons. The first-order chi connectivity index (χ1) is 14.0. The number of Topliss-reactive ketones (excluding diaryl/α,β-unsaturated/α-hetero) is 1. The molecule has 1 rings (SSSR count). The van der Waals surface area contributed by atoms with Gasteiger partial charge >= 0.3 is 5.97 Å². The molecule has 7 heteroatoms. The van der Waals surface area contributed by atoms with Crippen LogP contribution in [0.1, 0.15) is 84.0 Å². The van der Waals surface area contributed by atoms with E-state index in [1.807, 2.05) is 0 Å². The van der Waals surface area contributed by atoms with Gasteiger partial charge in [0.1, 0.15) is 0 Å². The van der Waals surface area contributed by atoms with Crippen molar-refractivity contribution in [3.8, 4) is 0 Å². The lowest BCUT2D eigenvalue weighted by Gasteiger charge is -2.41. The molecule has 5 nitrogen and oxygen atoms in total. The summed E-state index contributed by atoms with van der Waals surface area (Å²) in [4.78, 5) is 23.6. The molecule has 2 N–H and O–H groups in total. The van der Waals surface area contributed by atoms with E-state index in [0.29, 0.717) is 32.1 Å². The van der Waals surface area contributed by atoms with Crippen LogP contribution in [0.3, 0.4) is 0 Å². The van der Waals surface area contributed by atoms with Crippen molar-refractivity contribution in [3.63, 3.8) is 0 Å². The van der Waals surface area contributed by atoms with E-state index in [0.717, 1.165) is 12.8 Å². The number of carboxylic acids is 1. The maximum atomic E-state index is 12.9. The molecular formula is C23H41ClO5Si. The SMILES string of the molecule is CCCCCCCCC1(O[Si](C)(C)C)C=C(Cl)C(=O)C1C(O)CCCCCC(=O)O. The Hall–Kier alpha value is -0.693. The first-order valence-electron chi connectivity index (χ1n) is 11.5. The third kappa shape index (κ3) is 9.21. The van der Waals surface area contributed by atoms with Gasteiger partial charge in [0.2, 0.25) is 0 Å². The summed E-state index contributed by atoms with van der Waals surface area (Å²) in [6.07, 6.45) is 11.0. The van der Waals surface area contributed by atoms with Crippen LogP contribution in [0.25, 0.3) is 0 Å². The first-order valence-corrected chi connectivity index (χ1v) is 15.3. The standard InChI is InChI=1S/C23H41ClO5Si/c1-5-6-7-8-9-13-16-23(29-30(2,3)4)17-18(24)22(28)21(23)19(25)14-11-10-12-15-20(26)27/h17,19,21,25H,5-16H2,1-4H3,(H,26,27). The minimum Gasteiger partial charge on any atom is -0.481 e. The number of hydrogen-bond acceptors (Lipinski definition) is 4. The van der Waals surface area contributed by atoms with Gasteiger partial charge in [-0.05, 0) is 45.0 Å². The number of allylic oxidation sites excluding steroid dienone is 1. The zero-order chi connectivity index (χ0) is 22.8. The maximum absolute atomic E-state index is 12.9. The number of carbonyl (C=O) groups excluding carboxylic acids is 1. The van der Waals surface area contributed by atoms with E-state index in [1.165, 1.54) is 25.7 Å². The van der Waals surface area contributed by atoms with Gasteiger partial charge in [-0.2, -0.15) is 0 Å². The van der Waals surface area contributed by atoms with Gasteiger partial charge in [-0.3, -0.25) is 9.59 Å². The van der Waals surface area contributed by atoms with Gasteiger partial charge in [0.05, 0.1) is 22.7 Å². The van der Waals surface area contributed by atoms with Crippen molar-refractivity contribution in [1.82, 2.24) is 0 Å². The zero-order valence-corrected chi connectivity index (χ0v) is 21.0. The van der Waals surface area contributed by atoms with E-state index in [4.69, 9.17) is 21.1 Å². The van der Waals surface area contributed by atoms with Crippen molar-refractivity contribution in [2.75, 3.05) is 0 Å². The molecule has 0 aromatic heterocycles. The summed E-state index contributed by atoms with van der Waals surface area (Å²) in [5.74, 6) is -1.70. The molecule has 1 aliphatic rings. The van der Waals surface area contributed by atoms with E-state index in [-0.39, 0.29) is 17.2 Å². The summed E-state index contributed by atoms with van der Waals surface area (Å²) in [5, 5.41) is 19.9. The molecule has 0 aromatic carbocycles. The minimum absolute atomic E-state index is 0.131. The van der Waals surface area contributed by atoms with Gasteiger partial charge < -0.3 is 14.6 Å². The Morgan fingerprint density at radius 1 is 1.13 bits per heavy atom. The second-order valence-electron chi connectivity index (χ2n) is 9.58. The van der Waals surface area contributed by atoms with Crippen LogP contribution in [-0.4, -0.2) is 42.0 Å². The molecule has 0 bridgehead atoms. The van der Waals surface area contributed by atoms with Crippen LogP contribution in [0.5, 0.6) is 0 Å². The number of aliphatic hydroxyl groups excluding tert-OH is 1. The van der Waals surface area contributed by atoms with E-state index in [2.05, 4.69) is 26.6 Å². The highest BCUT2D eigenvalue weighted by atomic mass is 35.5. The Bertz CT molecular complexity index is 587. The number of hydrogen-bond donors (Lipinski definition) is 2. The molecule has 3 atom stereocenters. The van der Waals surface area contributed by atoms with Crippen LogP contribution < -0.4 is 0 Å². The lowest BCUT2D eigenvalue weighted by atomic mass is 9.80. The summed E-state index contributed by atoms with van der Waals surface area (Å²) < 4.78 is 6.57. The average molecular weight is 461 g/mol. The van der Waals surface area contributed by atoms with Crippen molar-refractivity contribution >= 4 is 31.7 Å². The topological polar surface area (TPSA) is 83.8 Å². The Morgan fingerprint density at radius 3 is 2.33 bits per heavy atom. The molecule has 0 fully saturated rings. The second-order valence-corrected chi connectivity index (χ2v) is 14.4. The Labute approximate surface area is 188 Å². The van der Waals surface area contributed by atoms with E-state index < -0.39 is 31.9 Å². The summed E-state index contributed by atoms with van der Waals surface area (Å²) >= 11 is 6.29. The third-order valence-corrected chi connectivity index (χ3v) is 6.90. The first kappa shape index (κ1) is 27.3. The van der Waals surface area contributed by atoms with Gasteiger partial charge in [0, 0.05) is 6.42 Å². The molecule has 0 aliphatic heterocycles. The number of aliphatic carboxylic acids is 1. The highest BCUT2D eigenvalue weighted by Crippen LogP contribution is 2.44. The molecule has 1 aliphatic carbocycles. The number of aliphatic hydroxyl groups is 1. The highest BCUT2D eigenvalue weighted by Gasteiger charge is 2.52. The van der Waals surface area contributed by atoms with Crippen molar-refractivity contribution in [3.05, 3.63) is 11.1 Å². The number of rotatable bonds is 16. The Morgan fingerprint density at radius 2 is 1.73 bits per heavy atom. The predicted molar refractivity (Wildman–Crippen MR) is 124 cm³/mol. The van der Waals surface area contributed by atoms with Gasteiger partial charge in [-0.15, -0.1) is 0 Å². The van der Waals surface area contributed by atoms with Crippen LogP contribution in [0.15, 0.2) is 11.1 Å². The quantitative estimate of drug-likeness (QED) is 0.216. The average Bonchev–Trinajstić information content (AvgIpc) is 2.86. The van der Waals surface area contributed by atoms with Gasteiger partial charge in [-0.1, -0.05) is 69.9 Å². The van der Waals surface area contributed by atoms with E-state index in [1.54, 1.807) is 6.08 Å². The number of carboxylic acid groups (broad SMARTS) is 1. The fourth-order valence-corrected chi connectivity index (χ4v) is 6.07. The molecule has 0 saturated carbocycles. The largest absolute Gasteiger partial charge is 0.481 e. The smallest absolute Gasteiger partial charge is 0.303 e. The molecule has 0 aromatic rings. The predicted octanol–water partition coefficient (Wildman–Crippen LogP) is 6.04. The van der Waals surface area contributed by atoms with Crippen molar-refractivity contribution < 1.29 is 24.2 Å². The fraction of sp³-hybridized carbons (Fsp3) is 0.826. The summed E-state index contributed by atoms with van der Waals surface area (Å²) in [6, 6.07) is 0.